The molecule has 70 valence electrons. The third kappa shape index (κ3) is 2.48. The Labute approximate surface area is 74.3 Å². The number of rotatable bonds is 3. The summed E-state index contributed by atoms with van der Waals surface area (Å²) in [7, 11) is 3.98. The first-order valence-electron chi connectivity index (χ1n) is 4.52. The highest BCUT2D eigenvalue weighted by atomic mass is 16.2. The Hall–Kier alpha value is -0.570. The summed E-state index contributed by atoms with van der Waals surface area (Å²) in [5.41, 5.74) is 0. The highest BCUT2D eigenvalue weighted by Gasteiger charge is 2.26. The molecule has 3 nitrogen and oxygen atoms in total. The molecule has 12 heavy (non-hydrogen) atoms. The van der Waals surface area contributed by atoms with E-state index < -0.39 is 0 Å². The van der Waals surface area contributed by atoms with Gasteiger partial charge in [-0.25, -0.2) is 0 Å². The highest BCUT2D eigenvalue weighted by Crippen LogP contribution is 2.14. The van der Waals surface area contributed by atoms with Gasteiger partial charge in [-0.15, -0.1) is 0 Å². The lowest BCUT2D eigenvalue weighted by Crippen LogP contribution is -2.49. The maximum atomic E-state index is 11.4. The van der Waals surface area contributed by atoms with Crippen molar-refractivity contribution in [2.24, 2.45) is 5.92 Å². The van der Waals surface area contributed by atoms with Gasteiger partial charge in [0.25, 0.3) is 0 Å². The SMILES string of the molecule is CC1CN(C(=O)CCN(C)C)C1. The average molecular weight is 170 g/mol. The number of hydrogen-bond donors (Lipinski definition) is 0. The standard InChI is InChI=1S/C9H18N2O/c1-8-6-11(7-8)9(12)4-5-10(2)3/h8H,4-7H2,1-3H3. The Morgan fingerprint density at radius 2 is 2.08 bits per heavy atom. The molecule has 1 fully saturated rings. The van der Waals surface area contributed by atoms with Gasteiger partial charge in [0.1, 0.15) is 0 Å². The fourth-order valence-electron chi connectivity index (χ4n) is 1.38. The van der Waals surface area contributed by atoms with Crippen molar-refractivity contribution < 1.29 is 4.79 Å². The Morgan fingerprint density at radius 3 is 2.50 bits per heavy atom. The first kappa shape index (κ1) is 9.52. The van der Waals surface area contributed by atoms with Crippen LogP contribution in [0.15, 0.2) is 0 Å². The van der Waals surface area contributed by atoms with Gasteiger partial charge in [0.05, 0.1) is 0 Å². The fraction of sp³-hybridized carbons (Fsp3) is 0.889. The number of amides is 1. The zero-order valence-electron chi connectivity index (χ0n) is 8.21. The first-order valence-corrected chi connectivity index (χ1v) is 4.52. The molecule has 0 atom stereocenters. The topological polar surface area (TPSA) is 23.6 Å². The van der Waals surface area contributed by atoms with Crippen molar-refractivity contribution in [1.29, 1.82) is 0 Å². The van der Waals surface area contributed by atoms with Crippen LogP contribution in [0, 0.1) is 5.92 Å². The van der Waals surface area contributed by atoms with E-state index >= 15 is 0 Å². The van der Waals surface area contributed by atoms with Gasteiger partial charge in [-0.05, 0) is 20.0 Å². The van der Waals surface area contributed by atoms with Crippen LogP contribution >= 0.6 is 0 Å². The molecular weight excluding hydrogens is 152 g/mol. The molecule has 0 saturated carbocycles. The van der Waals surface area contributed by atoms with E-state index in [-0.39, 0.29) is 0 Å². The maximum Gasteiger partial charge on any atom is 0.223 e. The van der Waals surface area contributed by atoms with Gasteiger partial charge in [-0.1, -0.05) is 6.92 Å². The molecule has 0 aromatic heterocycles. The number of carbonyl (C=O) groups excluding carboxylic acids is 1. The molecule has 0 radical (unpaired) electrons. The minimum absolute atomic E-state index is 0.307. The molecule has 0 N–H and O–H groups in total. The van der Waals surface area contributed by atoms with Gasteiger partial charge in [-0.3, -0.25) is 4.79 Å². The van der Waals surface area contributed by atoms with Crippen LogP contribution in [-0.2, 0) is 4.79 Å². The Balaban J connectivity index is 2.13. The smallest absolute Gasteiger partial charge is 0.223 e. The molecule has 1 amide bonds. The second kappa shape index (κ2) is 3.90. The van der Waals surface area contributed by atoms with Gasteiger partial charge in [0.2, 0.25) is 5.91 Å². The molecule has 0 bridgehead atoms. The molecular formula is C9H18N2O. The summed E-state index contributed by atoms with van der Waals surface area (Å²) in [6.07, 6.45) is 0.666. The number of carbonyl (C=O) groups is 1. The lowest BCUT2D eigenvalue weighted by molar-refractivity contribution is -0.137. The van der Waals surface area contributed by atoms with Crippen LogP contribution in [0.1, 0.15) is 13.3 Å². The molecule has 1 aliphatic rings. The van der Waals surface area contributed by atoms with Crippen LogP contribution in [0.4, 0.5) is 0 Å². The van der Waals surface area contributed by atoms with Gasteiger partial charge < -0.3 is 9.80 Å². The Kier molecular flexibility index (Phi) is 3.09. The zero-order valence-corrected chi connectivity index (χ0v) is 8.21. The summed E-state index contributed by atoms with van der Waals surface area (Å²) in [6, 6.07) is 0. The normalized spacial score (nSPS) is 18.2. The van der Waals surface area contributed by atoms with Gasteiger partial charge in [0.15, 0.2) is 0 Å². The first-order chi connectivity index (χ1) is 5.59. The van der Waals surface area contributed by atoms with E-state index in [1.807, 2.05) is 23.9 Å². The van der Waals surface area contributed by atoms with Crippen molar-refractivity contribution in [3.63, 3.8) is 0 Å². The molecule has 3 heteroatoms. The number of nitrogens with zero attached hydrogens (tertiary/aromatic N) is 2. The molecule has 1 rings (SSSR count). The van der Waals surface area contributed by atoms with Crippen LogP contribution in [-0.4, -0.2) is 49.4 Å². The Bertz CT molecular complexity index is 162. The fourth-order valence-corrected chi connectivity index (χ4v) is 1.38. The minimum atomic E-state index is 0.307. The lowest BCUT2D eigenvalue weighted by Gasteiger charge is -2.37. The summed E-state index contributed by atoms with van der Waals surface area (Å²) in [6.45, 7) is 4.97. The summed E-state index contributed by atoms with van der Waals surface area (Å²) in [5, 5.41) is 0. The largest absolute Gasteiger partial charge is 0.342 e. The maximum absolute atomic E-state index is 11.4. The van der Waals surface area contributed by atoms with Crippen LogP contribution in [0.25, 0.3) is 0 Å². The zero-order chi connectivity index (χ0) is 9.14. The average Bonchev–Trinajstić information content (AvgIpc) is 1.94. The monoisotopic (exact) mass is 170 g/mol. The predicted octanol–water partition coefficient (Wildman–Crippen LogP) is 0.416. The summed E-state index contributed by atoms with van der Waals surface area (Å²) < 4.78 is 0. The molecule has 0 unspecified atom stereocenters. The van der Waals surface area contributed by atoms with Gasteiger partial charge in [-0.2, -0.15) is 0 Å². The molecule has 0 aromatic carbocycles. The van der Waals surface area contributed by atoms with Crippen LogP contribution in [0.2, 0.25) is 0 Å². The molecule has 1 saturated heterocycles. The van der Waals surface area contributed by atoms with Gasteiger partial charge >= 0.3 is 0 Å². The third-order valence-electron chi connectivity index (χ3n) is 2.19. The number of hydrogen-bond acceptors (Lipinski definition) is 2. The van der Waals surface area contributed by atoms with Crippen LogP contribution < -0.4 is 0 Å². The number of likely N-dealkylation sites (tertiary alicyclic amines) is 1. The van der Waals surface area contributed by atoms with E-state index in [0.29, 0.717) is 18.2 Å². The second-order valence-corrected chi connectivity index (χ2v) is 3.96. The van der Waals surface area contributed by atoms with E-state index in [1.165, 1.54) is 0 Å². The summed E-state index contributed by atoms with van der Waals surface area (Å²) in [4.78, 5) is 15.4. The van der Waals surface area contributed by atoms with E-state index in [4.69, 9.17) is 0 Å². The summed E-state index contributed by atoms with van der Waals surface area (Å²) >= 11 is 0. The van der Waals surface area contributed by atoms with Crippen molar-refractivity contribution in [3.05, 3.63) is 0 Å². The van der Waals surface area contributed by atoms with E-state index in [0.717, 1.165) is 19.6 Å². The van der Waals surface area contributed by atoms with E-state index in [2.05, 4.69) is 6.92 Å². The van der Waals surface area contributed by atoms with Gasteiger partial charge in [0, 0.05) is 26.1 Å². The quantitative estimate of drug-likeness (QED) is 0.612. The predicted molar refractivity (Wildman–Crippen MR) is 48.9 cm³/mol. The second-order valence-electron chi connectivity index (χ2n) is 3.96. The van der Waals surface area contributed by atoms with Crippen molar-refractivity contribution in [2.75, 3.05) is 33.7 Å². The summed E-state index contributed by atoms with van der Waals surface area (Å²) in [5.74, 6) is 1.02. The highest BCUT2D eigenvalue weighted by molar-refractivity contribution is 5.77. The molecule has 1 aliphatic heterocycles. The van der Waals surface area contributed by atoms with E-state index in [9.17, 15) is 4.79 Å². The van der Waals surface area contributed by atoms with Crippen molar-refractivity contribution in [3.8, 4) is 0 Å². The Morgan fingerprint density at radius 1 is 1.50 bits per heavy atom. The van der Waals surface area contributed by atoms with Crippen molar-refractivity contribution in [2.45, 2.75) is 13.3 Å². The van der Waals surface area contributed by atoms with Crippen LogP contribution in [0.5, 0.6) is 0 Å². The molecule has 0 spiro atoms. The molecule has 0 aliphatic carbocycles. The van der Waals surface area contributed by atoms with Crippen LogP contribution in [0.3, 0.4) is 0 Å². The molecule has 1 heterocycles. The lowest BCUT2D eigenvalue weighted by atomic mass is 10.0. The van der Waals surface area contributed by atoms with E-state index in [1.54, 1.807) is 0 Å². The molecule has 0 aromatic rings. The van der Waals surface area contributed by atoms with Crippen molar-refractivity contribution >= 4 is 5.91 Å². The van der Waals surface area contributed by atoms with Crippen molar-refractivity contribution in [1.82, 2.24) is 9.80 Å². The minimum Gasteiger partial charge on any atom is -0.342 e. The third-order valence-corrected chi connectivity index (χ3v) is 2.19.